The molecule has 1 heterocycles. The summed E-state index contributed by atoms with van der Waals surface area (Å²) in [6.07, 6.45) is 0. The van der Waals surface area contributed by atoms with Crippen LogP contribution in [0.1, 0.15) is 0 Å². The Balaban J connectivity index is 1.66. The molecule has 4 rings (SSSR count). The quantitative estimate of drug-likeness (QED) is 0.616. The summed E-state index contributed by atoms with van der Waals surface area (Å²) in [4.78, 5) is 0. The molecule has 3 aromatic rings. The van der Waals surface area contributed by atoms with Crippen molar-refractivity contribution >= 4 is 72.5 Å². The van der Waals surface area contributed by atoms with E-state index in [-0.39, 0.29) is 0 Å². The van der Waals surface area contributed by atoms with Crippen LogP contribution in [-0.4, -0.2) is 21.4 Å². The lowest BCUT2D eigenvalue weighted by atomic mass is 9.61. The summed E-state index contributed by atoms with van der Waals surface area (Å²) in [5, 5.41) is 1.94. The van der Waals surface area contributed by atoms with Crippen molar-refractivity contribution in [2.75, 3.05) is 0 Å². The van der Waals surface area contributed by atoms with Crippen LogP contribution in [0, 0.1) is 0 Å². The third kappa shape index (κ3) is 4.54. The Morgan fingerprint density at radius 1 is 0.407 bits per heavy atom. The maximum atomic E-state index is 6.06. The zero-order valence-corrected chi connectivity index (χ0v) is 16.3. The Kier molecular flexibility index (Phi) is 5.83. The molecular formula is C18H12B3Cl3O3. The Morgan fingerprint density at radius 3 is 0.852 bits per heavy atom. The van der Waals surface area contributed by atoms with E-state index in [4.69, 9.17) is 48.5 Å². The largest absolute Gasteiger partial charge is 0.467 e. The van der Waals surface area contributed by atoms with Crippen LogP contribution in [0.3, 0.4) is 0 Å². The molecular weight excluding hydrogens is 403 g/mol. The number of hydrogen-bond acceptors (Lipinski definition) is 3. The van der Waals surface area contributed by atoms with Crippen LogP contribution in [0.4, 0.5) is 0 Å². The minimum atomic E-state index is -0.614. The molecule has 0 unspecified atom stereocenters. The summed E-state index contributed by atoms with van der Waals surface area (Å²) >= 11 is 18.0. The van der Waals surface area contributed by atoms with E-state index in [2.05, 4.69) is 0 Å². The molecule has 0 radical (unpaired) electrons. The van der Waals surface area contributed by atoms with Gasteiger partial charge in [0.25, 0.3) is 0 Å². The van der Waals surface area contributed by atoms with Gasteiger partial charge in [0.2, 0.25) is 0 Å². The lowest BCUT2D eigenvalue weighted by Gasteiger charge is -2.31. The van der Waals surface area contributed by atoms with E-state index in [0.717, 1.165) is 16.4 Å². The van der Waals surface area contributed by atoms with E-state index in [9.17, 15) is 0 Å². The van der Waals surface area contributed by atoms with Crippen LogP contribution >= 0.6 is 34.8 Å². The second-order valence-electron chi connectivity index (χ2n) is 6.06. The maximum absolute atomic E-state index is 6.06. The Labute approximate surface area is 173 Å². The summed E-state index contributed by atoms with van der Waals surface area (Å²) < 4.78 is 18.2. The van der Waals surface area contributed by atoms with Crippen molar-refractivity contribution in [3.05, 3.63) is 87.9 Å². The summed E-state index contributed by atoms with van der Waals surface area (Å²) in [7, 11) is -1.84. The molecule has 0 aromatic heterocycles. The third-order valence-electron chi connectivity index (χ3n) is 4.17. The Bertz CT molecular complexity index is 779. The molecule has 1 saturated heterocycles. The van der Waals surface area contributed by atoms with Gasteiger partial charge in [-0.25, -0.2) is 0 Å². The smallest absolute Gasteiger partial charge is 0.445 e. The SMILES string of the molecule is Clc1ccc(B2OB(c3ccc(Cl)cc3)OB(c3ccc(Cl)cc3)O2)cc1. The maximum Gasteiger partial charge on any atom is 0.467 e. The van der Waals surface area contributed by atoms with Crippen molar-refractivity contribution in [3.63, 3.8) is 0 Å². The lowest BCUT2D eigenvalue weighted by molar-refractivity contribution is 0.308. The lowest BCUT2D eigenvalue weighted by Crippen LogP contribution is -2.61. The third-order valence-corrected chi connectivity index (χ3v) is 4.92. The van der Waals surface area contributed by atoms with Crippen molar-refractivity contribution in [1.29, 1.82) is 0 Å². The first-order valence-electron chi connectivity index (χ1n) is 8.31. The van der Waals surface area contributed by atoms with Gasteiger partial charge in [-0.15, -0.1) is 0 Å². The highest BCUT2D eigenvalue weighted by atomic mass is 35.5. The zero-order chi connectivity index (χ0) is 18.8. The minimum Gasteiger partial charge on any atom is -0.445 e. The van der Waals surface area contributed by atoms with E-state index in [0.29, 0.717) is 15.1 Å². The molecule has 1 fully saturated rings. The normalized spacial score (nSPS) is 14.6. The predicted octanol–water partition coefficient (Wildman–Crippen LogP) is 3.20. The number of rotatable bonds is 3. The number of halogens is 3. The van der Waals surface area contributed by atoms with E-state index in [1.807, 2.05) is 36.4 Å². The molecule has 0 spiro atoms. The molecule has 1 aliphatic heterocycles. The van der Waals surface area contributed by atoms with Crippen molar-refractivity contribution in [3.8, 4) is 0 Å². The average molecular weight is 415 g/mol. The van der Waals surface area contributed by atoms with Crippen molar-refractivity contribution in [1.82, 2.24) is 0 Å². The number of hydrogen-bond donors (Lipinski definition) is 0. The molecule has 27 heavy (non-hydrogen) atoms. The van der Waals surface area contributed by atoms with Crippen LogP contribution in [-0.2, 0) is 13.7 Å². The first-order valence-corrected chi connectivity index (χ1v) is 9.45. The molecule has 3 nitrogen and oxygen atoms in total. The van der Waals surface area contributed by atoms with Gasteiger partial charge in [0.05, 0.1) is 0 Å². The van der Waals surface area contributed by atoms with Crippen molar-refractivity contribution in [2.45, 2.75) is 0 Å². The molecule has 0 saturated carbocycles. The van der Waals surface area contributed by atoms with Crippen LogP contribution in [0.2, 0.25) is 15.1 Å². The van der Waals surface area contributed by atoms with Gasteiger partial charge in [0, 0.05) is 15.1 Å². The van der Waals surface area contributed by atoms with Gasteiger partial charge in [-0.3, -0.25) is 0 Å². The van der Waals surface area contributed by atoms with Crippen molar-refractivity contribution < 1.29 is 13.7 Å². The highest BCUT2D eigenvalue weighted by molar-refractivity contribution is 6.87. The monoisotopic (exact) mass is 414 g/mol. The van der Waals surface area contributed by atoms with E-state index < -0.39 is 21.4 Å². The highest BCUT2D eigenvalue weighted by Gasteiger charge is 2.43. The predicted molar refractivity (Wildman–Crippen MR) is 114 cm³/mol. The first-order chi connectivity index (χ1) is 13.1. The zero-order valence-electron chi connectivity index (χ0n) is 14.0. The highest BCUT2D eigenvalue weighted by Crippen LogP contribution is 2.14. The molecule has 0 aliphatic carbocycles. The summed E-state index contributed by atoms with van der Waals surface area (Å²) in [6.45, 7) is 0. The Morgan fingerprint density at radius 2 is 0.630 bits per heavy atom. The standard InChI is InChI=1S/C18H12B3Cl3O3/c22-16-7-1-13(2-8-16)19-25-20(14-3-9-17(23)10-4-14)27-21(26-19)15-5-11-18(24)12-6-15/h1-12H. The molecule has 0 bridgehead atoms. The molecule has 0 amide bonds. The fourth-order valence-corrected chi connectivity index (χ4v) is 3.14. The summed E-state index contributed by atoms with van der Waals surface area (Å²) in [5.74, 6) is 0. The van der Waals surface area contributed by atoms with Crippen LogP contribution in [0.5, 0.6) is 0 Å². The summed E-state index contributed by atoms with van der Waals surface area (Å²) in [5.41, 5.74) is 2.54. The van der Waals surface area contributed by atoms with Crippen LogP contribution in [0.25, 0.3) is 0 Å². The van der Waals surface area contributed by atoms with Gasteiger partial charge in [-0.05, 0) is 52.8 Å². The van der Waals surface area contributed by atoms with E-state index in [1.54, 1.807) is 36.4 Å². The first kappa shape index (κ1) is 18.9. The van der Waals surface area contributed by atoms with Gasteiger partial charge < -0.3 is 13.7 Å². The fraction of sp³-hybridized carbons (Fsp3) is 0. The van der Waals surface area contributed by atoms with Crippen LogP contribution < -0.4 is 16.4 Å². The molecule has 3 aromatic carbocycles. The molecule has 0 N–H and O–H groups in total. The fourth-order valence-electron chi connectivity index (χ4n) is 2.76. The van der Waals surface area contributed by atoms with E-state index in [1.165, 1.54) is 0 Å². The molecule has 9 heteroatoms. The van der Waals surface area contributed by atoms with Gasteiger partial charge >= 0.3 is 21.4 Å². The number of benzene rings is 3. The topological polar surface area (TPSA) is 27.7 Å². The van der Waals surface area contributed by atoms with Gasteiger partial charge in [-0.1, -0.05) is 71.2 Å². The van der Waals surface area contributed by atoms with Crippen molar-refractivity contribution in [2.24, 2.45) is 0 Å². The molecule has 1 aliphatic rings. The van der Waals surface area contributed by atoms with Gasteiger partial charge in [0.1, 0.15) is 0 Å². The second-order valence-corrected chi connectivity index (χ2v) is 7.37. The van der Waals surface area contributed by atoms with Gasteiger partial charge in [0.15, 0.2) is 0 Å². The Hall–Kier alpha value is -1.40. The minimum absolute atomic E-state index is 0.614. The summed E-state index contributed by atoms with van der Waals surface area (Å²) in [6, 6.07) is 22.0. The molecule has 0 atom stereocenters. The van der Waals surface area contributed by atoms with E-state index >= 15 is 0 Å². The second kappa shape index (κ2) is 8.32. The average Bonchev–Trinajstić information content (AvgIpc) is 2.69. The van der Waals surface area contributed by atoms with Gasteiger partial charge in [-0.2, -0.15) is 0 Å². The molecule has 132 valence electrons. The van der Waals surface area contributed by atoms with Crippen LogP contribution in [0.15, 0.2) is 72.8 Å².